The summed E-state index contributed by atoms with van der Waals surface area (Å²) in [6, 6.07) is 0. The Kier molecular flexibility index (Phi) is 2.28. The van der Waals surface area contributed by atoms with Crippen LogP contribution in [0.5, 0.6) is 0 Å². The predicted molar refractivity (Wildman–Crippen MR) is 36.9 cm³/mol. The van der Waals surface area contributed by atoms with Crippen molar-refractivity contribution in [2.45, 2.75) is 25.0 Å². The van der Waals surface area contributed by atoms with E-state index < -0.39 is 5.60 Å². The van der Waals surface area contributed by atoms with Gasteiger partial charge in [0.2, 0.25) is 0 Å². The maximum Gasteiger partial charge on any atom is 0.109 e. The van der Waals surface area contributed by atoms with Crippen molar-refractivity contribution in [2.24, 2.45) is 0 Å². The van der Waals surface area contributed by atoms with E-state index in [-0.39, 0.29) is 6.10 Å². The zero-order valence-electron chi connectivity index (χ0n) is 6.46. The van der Waals surface area contributed by atoms with Gasteiger partial charge in [-0.25, -0.2) is 0 Å². The minimum atomic E-state index is -0.701. The molecule has 2 unspecified atom stereocenters. The van der Waals surface area contributed by atoms with Gasteiger partial charge in [-0.2, -0.15) is 0 Å². The van der Waals surface area contributed by atoms with Crippen molar-refractivity contribution >= 4 is 0 Å². The van der Waals surface area contributed by atoms with Crippen molar-refractivity contribution in [3.05, 3.63) is 0 Å². The Morgan fingerprint density at radius 2 is 2.40 bits per heavy atom. The number of hydrogen-bond acceptors (Lipinski definition) is 3. The molecule has 1 heterocycles. The van der Waals surface area contributed by atoms with Crippen LogP contribution < -0.4 is 0 Å². The largest absolute Gasteiger partial charge is 0.387 e. The standard InChI is InChI=1S/C7H14O3/c1-7(8)3-4-10-5-6(7)9-2/h6,8H,3-5H2,1-2H3. The molecule has 1 aliphatic heterocycles. The third-order valence-corrected chi connectivity index (χ3v) is 2.00. The van der Waals surface area contributed by atoms with Crippen LogP contribution in [0.25, 0.3) is 0 Å². The van der Waals surface area contributed by atoms with Crippen LogP contribution in [0.1, 0.15) is 13.3 Å². The van der Waals surface area contributed by atoms with Crippen molar-refractivity contribution in [1.29, 1.82) is 0 Å². The van der Waals surface area contributed by atoms with Gasteiger partial charge in [0.05, 0.1) is 12.2 Å². The summed E-state index contributed by atoms with van der Waals surface area (Å²) >= 11 is 0. The average molecular weight is 146 g/mol. The summed E-state index contributed by atoms with van der Waals surface area (Å²) in [5.74, 6) is 0. The van der Waals surface area contributed by atoms with Crippen LogP contribution >= 0.6 is 0 Å². The SMILES string of the molecule is COC1COCCC1(C)O. The molecule has 2 atom stereocenters. The molecule has 0 spiro atoms. The van der Waals surface area contributed by atoms with E-state index in [2.05, 4.69) is 0 Å². The van der Waals surface area contributed by atoms with Gasteiger partial charge >= 0.3 is 0 Å². The molecule has 1 fully saturated rings. The first-order chi connectivity index (χ1) is 4.67. The summed E-state index contributed by atoms with van der Waals surface area (Å²) in [7, 11) is 1.59. The summed E-state index contributed by atoms with van der Waals surface area (Å²) in [4.78, 5) is 0. The van der Waals surface area contributed by atoms with Crippen LogP contribution in [0.2, 0.25) is 0 Å². The van der Waals surface area contributed by atoms with Crippen LogP contribution in [0.3, 0.4) is 0 Å². The highest BCUT2D eigenvalue weighted by molar-refractivity contribution is 4.85. The molecule has 3 nitrogen and oxygen atoms in total. The highest BCUT2D eigenvalue weighted by Gasteiger charge is 2.34. The Labute approximate surface area is 60.9 Å². The van der Waals surface area contributed by atoms with Crippen molar-refractivity contribution < 1.29 is 14.6 Å². The Bertz CT molecular complexity index is 111. The van der Waals surface area contributed by atoms with E-state index in [9.17, 15) is 5.11 Å². The zero-order chi connectivity index (χ0) is 7.61. The highest BCUT2D eigenvalue weighted by Crippen LogP contribution is 2.21. The minimum Gasteiger partial charge on any atom is -0.387 e. The van der Waals surface area contributed by atoms with E-state index in [4.69, 9.17) is 9.47 Å². The number of rotatable bonds is 1. The topological polar surface area (TPSA) is 38.7 Å². The van der Waals surface area contributed by atoms with E-state index >= 15 is 0 Å². The second-order valence-corrected chi connectivity index (χ2v) is 2.91. The first-order valence-electron chi connectivity index (χ1n) is 3.50. The Morgan fingerprint density at radius 3 is 2.80 bits per heavy atom. The van der Waals surface area contributed by atoms with Crippen molar-refractivity contribution in [1.82, 2.24) is 0 Å². The van der Waals surface area contributed by atoms with Crippen molar-refractivity contribution in [2.75, 3.05) is 20.3 Å². The summed E-state index contributed by atoms with van der Waals surface area (Å²) in [6.45, 7) is 2.92. The van der Waals surface area contributed by atoms with E-state index in [1.807, 2.05) is 0 Å². The van der Waals surface area contributed by atoms with Crippen molar-refractivity contribution in [3.8, 4) is 0 Å². The van der Waals surface area contributed by atoms with Crippen LogP contribution in [0.15, 0.2) is 0 Å². The lowest BCUT2D eigenvalue weighted by Crippen LogP contribution is -2.48. The molecule has 1 aliphatic rings. The molecule has 0 bridgehead atoms. The molecule has 1 N–H and O–H groups in total. The normalized spacial score (nSPS) is 41.7. The molecule has 0 aliphatic carbocycles. The van der Waals surface area contributed by atoms with Gasteiger partial charge in [0.15, 0.2) is 0 Å². The zero-order valence-corrected chi connectivity index (χ0v) is 6.46. The van der Waals surface area contributed by atoms with Gasteiger partial charge in [-0.05, 0) is 6.92 Å². The highest BCUT2D eigenvalue weighted by atomic mass is 16.5. The predicted octanol–water partition coefficient (Wildman–Crippen LogP) is 0.173. The summed E-state index contributed by atoms with van der Waals surface area (Å²) in [5, 5.41) is 9.63. The number of methoxy groups -OCH3 is 1. The van der Waals surface area contributed by atoms with Crippen molar-refractivity contribution in [3.63, 3.8) is 0 Å². The third kappa shape index (κ3) is 1.48. The van der Waals surface area contributed by atoms with Gasteiger partial charge in [0, 0.05) is 20.1 Å². The third-order valence-electron chi connectivity index (χ3n) is 2.00. The quantitative estimate of drug-likeness (QED) is 0.573. The van der Waals surface area contributed by atoms with E-state index in [0.29, 0.717) is 19.6 Å². The lowest BCUT2D eigenvalue weighted by molar-refractivity contribution is -0.155. The fourth-order valence-electron chi connectivity index (χ4n) is 1.13. The minimum absolute atomic E-state index is 0.166. The Morgan fingerprint density at radius 1 is 1.70 bits per heavy atom. The van der Waals surface area contributed by atoms with E-state index in [1.165, 1.54) is 0 Å². The van der Waals surface area contributed by atoms with Gasteiger partial charge in [-0.3, -0.25) is 0 Å². The number of hydrogen-bond donors (Lipinski definition) is 1. The molecule has 1 rings (SSSR count). The van der Waals surface area contributed by atoms with Gasteiger partial charge in [0.1, 0.15) is 6.10 Å². The molecule has 60 valence electrons. The molecular formula is C7H14O3. The molecule has 0 amide bonds. The lowest BCUT2D eigenvalue weighted by Gasteiger charge is -2.35. The molecular weight excluding hydrogens is 132 g/mol. The second-order valence-electron chi connectivity index (χ2n) is 2.91. The van der Waals surface area contributed by atoms with Gasteiger partial charge < -0.3 is 14.6 Å². The smallest absolute Gasteiger partial charge is 0.109 e. The van der Waals surface area contributed by atoms with Gasteiger partial charge in [-0.15, -0.1) is 0 Å². The second kappa shape index (κ2) is 2.86. The molecule has 10 heavy (non-hydrogen) atoms. The first-order valence-corrected chi connectivity index (χ1v) is 3.50. The first kappa shape index (κ1) is 7.98. The maximum absolute atomic E-state index is 9.63. The molecule has 0 saturated carbocycles. The number of ether oxygens (including phenoxy) is 2. The number of aliphatic hydroxyl groups is 1. The molecule has 0 radical (unpaired) electrons. The van der Waals surface area contributed by atoms with Gasteiger partial charge in [-0.1, -0.05) is 0 Å². The van der Waals surface area contributed by atoms with E-state index in [1.54, 1.807) is 14.0 Å². The Hall–Kier alpha value is -0.120. The summed E-state index contributed by atoms with van der Waals surface area (Å²) < 4.78 is 10.2. The van der Waals surface area contributed by atoms with Crippen LogP contribution in [0.4, 0.5) is 0 Å². The monoisotopic (exact) mass is 146 g/mol. The summed E-state index contributed by atoms with van der Waals surface area (Å²) in [6.07, 6.45) is 0.493. The molecule has 0 aromatic rings. The van der Waals surface area contributed by atoms with Crippen LogP contribution in [-0.2, 0) is 9.47 Å². The average Bonchev–Trinajstić information content (AvgIpc) is 1.87. The maximum atomic E-state index is 9.63. The molecule has 3 heteroatoms. The molecule has 1 saturated heterocycles. The molecule has 0 aromatic heterocycles. The van der Waals surface area contributed by atoms with Crippen LogP contribution in [0, 0.1) is 0 Å². The summed E-state index contributed by atoms with van der Waals surface area (Å²) in [5.41, 5.74) is -0.701. The Balaban J connectivity index is 2.51. The molecule has 0 aromatic carbocycles. The fraction of sp³-hybridized carbons (Fsp3) is 1.00. The van der Waals surface area contributed by atoms with Gasteiger partial charge in [0.25, 0.3) is 0 Å². The van der Waals surface area contributed by atoms with E-state index in [0.717, 1.165) is 0 Å². The van der Waals surface area contributed by atoms with Crippen LogP contribution in [-0.4, -0.2) is 37.1 Å². The lowest BCUT2D eigenvalue weighted by atomic mass is 9.94. The fourth-order valence-corrected chi connectivity index (χ4v) is 1.13.